The fraction of sp³-hybridized carbons (Fsp3) is 0.143. The van der Waals surface area contributed by atoms with Gasteiger partial charge in [-0.15, -0.1) is 0 Å². The minimum atomic E-state index is -0.160. The van der Waals surface area contributed by atoms with E-state index in [4.69, 9.17) is 11.6 Å². The summed E-state index contributed by atoms with van der Waals surface area (Å²) >= 11 is 6.06. The standard InChI is InChI=1S/C21H20ClN3O/c1-14-5-3-4-6-16(14)12-24-21(26)17-9-19(13-23-11-17)25-20-10-18(22)8-7-15(20)2/h3-11,13,25H,12H2,1-2H3,(H,24,26). The van der Waals surface area contributed by atoms with Crippen molar-refractivity contribution < 1.29 is 4.79 Å². The number of hydrogen-bond acceptors (Lipinski definition) is 3. The van der Waals surface area contributed by atoms with E-state index < -0.39 is 0 Å². The van der Waals surface area contributed by atoms with Crippen LogP contribution in [0.5, 0.6) is 0 Å². The minimum absolute atomic E-state index is 0.160. The smallest absolute Gasteiger partial charge is 0.253 e. The Morgan fingerprint density at radius 2 is 1.85 bits per heavy atom. The van der Waals surface area contributed by atoms with Gasteiger partial charge < -0.3 is 10.6 Å². The first kappa shape index (κ1) is 18.0. The molecule has 0 atom stereocenters. The molecule has 5 heteroatoms. The number of rotatable bonds is 5. The molecule has 3 aromatic rings. The Balaban J connectivity index is 1.71. The van der Waals surface area contributed by atoms with E-state index in [0.29, 0.717) is 17.1 Å². The molecule has 0 aliphatic carbocycles. The molecule has 0 saturated carbocycles. The largest absolute Gasteiger partial charge is 0.354 e. The van der Waals surface area contributed by atoms with E-state index in [-0.39, 0.29) is 5.91 Å². The highest BCUT2D eigenvalue weighted by Crippen LogP contribution is 2.24. The van der Waals surface area contributed by atoms with Gasteiger partial charge in [-0.3, -0.25) is 9.78 Å². The van der Waals surface area contributed by atoms with Gasteiger partial charge in [-0.2, -0.15) is 0 Å². The number of aromatic nitrogens is 1. The number of benzene rings is 2. The van der Waals surface area contributed by atoms with Crippen LogP contribution in [-0.4, -0.2) is 10.9 Å². The van der Waals surface area contributed by atoms with Gasteiger partial charge in [0.1, 0.15) is 0 Å². The van der Waals surface area contributed by atoms with Crippen LogP contribution in [-0.2, 0) is 6.54 Å². The molecule has 0 unspecified atom stereocenters. The molecule has 26 heavy (non-hydrogen) atoms. The fourth-order valence-electron chi connectivity index (χ4n) is 2.60. The second kappa shape index (κ2) is 8.02. The zero-order chi connectivity index (χ0) is 18.5. The number of aryl methyl sites for hydroxylation is 2. The summed E-state index contributed by atoms with van der Waals surface area (Å²) in [5.41, 5.74) is 5.43. The van der Waals surface area contributed by atoms with Gasteiger partial charge in [0.25, 0.3) is 5.91 Å². The van der Waals surface area contributed by atoms with Crippen LogP contribution in [0, 0.1) is 13.8 Å². The van der Waals surface area contributed by atoms with Gasteiger partial charge in [0.2, 0.25) is 0 Å². The lowest BCUT2D eigenvalue weighted by atomic mass is 10.1. The predicted molar refractivity (Wildman–Crippen MR) is 106 cm³/mol. The Bertz CT molecular complexity index is 940. The monoisotopic (exact) mass is 365 g/mol. The Hall–Kier alpha value is -2.85. The van der Waals surface area contributed by atoms with E-state index in [9.17, 15) is 4.79 Å². The lowest BCUT2D eigenvalue weighted by Gasteiger charge is -2.11. The van der Waals surface area contributed by atoms with Crippen LogP contribution in [0.4, 0.5) is 11.4 Å². The van der Waals surface area contributed by atoms with Crippen molar-refractivity contribution >= 4 is 28.9 Å². The number of carbonyl (C=O) groups is 1. The zero-order valence-corrected chi connectivity index (χ0v) is 15.5. The molecular formula is C21H20ClN3O. The lowest BCUT2D eigenvalue weighted by molar-refractivity contribution is 0.0950. The third-order valence-electron chi connectivity index (χ3n) is 4.18. The van der Waals surface area contributed by atoms with Crippen molar-refractivity contribution in [1.29, 1.82) is 0 Å². The molecule has 0 aliphatic rings. The van der Waals surface area contributed by atoms with Gasteiger partial charge in [-0.1, -0.05) is 41.9 Å². The van der Waals surface area contributed by atoms with Crippen molar-refractivity contribution in [3.05, 3.63) is 88.2 Å². The molecule has 0 bridgehead atoms. The van der Waals surface area contributed by atoms with E-state index in [2.05, 4.69) is 15.6 Å². The second-order valence-corrected chi connectivity index (χ2v) is 6.59. The number of nitrogens with one attached hydrogen (secondary N) is 2. The Kier molecular flexibility index (Phi) is 5.54. The van der Waals surface area contributed by atoms with Crippen LogP contribution in [0.2, 0.25) is 5.02 Å². The first-order chi connectivity index (χ1) is 12.5. The number of pyridine rings is 1. The second-order valence-electron chi connectivity index (χ2n) is 6.16. The summed E-state index contributed by atoms with van der Waals surface area (Å²) in [5.74, 6) is -0.160. The van der Waals surface area contributed by atoms with E-state index in [1.165, 1.54) is 0 Å². The van der Waals surface area contributed by atoms with E-state index >= 15 is 0 Å². The molecule has 1 heterocycles. The topological polar surface area (TPSA) is 54.0 Å². The fourth-order valence-corrected chi connectivity index (χ4v) is 2.77. The van der Waals surface area contributed by atoms with Crippen LogP contribution >= 0.6 is 11.6 Å². The predicted octanol–water partition coefficient (Wildman–Crippen LogP) is 5.03. The van der Waals surface area contributed by atoms with Crippen molar-refractivity contribution in [2.75, 3.05) is 5.32 Å². The van der Waals surface area contributed by atoms with Gasteiger partial charge in [-0.25, -0.2) is 0 Å². The third kappa shape index (κ3) is 4.41. The summed E-state index contributed by atoms with van der Waals surface area (Å²) in [6.07, 6.45) is 3.24. The molecule has 1 aromatic heterocycles. The van der Waals surface area contributed by atoms with Gasteiger partial charge >= 0.3 is 0 Å². The van der Waals surface area contributed by atoms with Gasteiger partial charge in [0.05, 0.1) is 17.4 Å². The maximum absolute atomic E-state index is 12.5. The maximum Gasteiger partial charge on any atom is 0.253 e. The van der Waals surface area contributed by atoms with E-state index in [1.54, 1.807) is 18.5 Å². The summed E-state index contributed by atoms with van der Waals surface area (Å²) in [6.45, 7) is 4.50. The number of anilines is 2. The Morgan fingerprint density at radius 1 is 1.04 bits per heavy atom. The summed E-state index contributed by atoms with van der Waals surface area (Å²) in [6, 6.07) is 15.4. The van der Waals surface area contributed by atoms with Crippen molar-refractivity contribution in [2.24, 2.45) is 0 Å². The number of hydrogen-bond donors (Lipinski definition) is 2. The molecule has 0 fully saturated rings. The van der Waals surface area contributed by atoms with Crippen molar-refractivity contribution in [3.63, 3.8) is 0 Å². The highest BCUT2D eigenvalue weighted by Gasteiger charge is 2.08. The van der Waals surface area contributed by atoms with Crippen LogP contribution in [0.25, 0.3) is 0 Å². The molecule has 0 spiro atoms. The molecule has 0 saturated heterocycles. The number of carbonyl (C=O) groups excluding carboxylic acids is 1. The highest BCUT2D eigenvalue weighted by atomic mass is 35.5. The average molecular weight is 366 g/mol. The molecule has 0 radical (unpaired) electrons. The van der Waals surface area contributed by atoms with Crippen molar-refractivity contribution in [3.8, 4) is 0 Å². The van der Waals surface area contributed by atoms with Crippen molar-refractivity contribution in [2.45, 2.75) is 20.4 Å². The zero-order valence-electron chi connectivity index (χ0n) is 14.7. The number of halogens is 1. The molecule has 2 N–H and O–H groups in total. The first-order valence-corrected chi connectivity index (χ1v) is 8.71. The average Bonchev–Trinajstić information content (AvgIpc) is 2.64. The summed E-state index contributed by atoms with van der Waals surface area (Å²) < 4.78 is 0. The van der Waals surface area contributed by atoms with Crippen LogP contribution in [0.3, 0.4) is 0 Å². The summed E-state index contributed by atoms with van der Waals surface area (Å²) in [7, 11) is 0. The molecule has 2 aromatic carbocycles. The highest BCUT2D eigenvalue weighted by molar-refractivity contribution is 6.30. The van der Waals surface area contributed by atoms with Crippen LogP contribution < -0.4 is 10.6 Å². The summed E-state index contributed by atoms with van der Waals surface area (Å²) in [4.78, 5) is 16.6. The minimum Gasteiger partial charge on any atom is -0.354 e. The van der Waals surface area contributed by atoms with Gasteiger partial charge in [0, 0.05) is 23.5 Å². The first-order valence-electron chi connectivity index (χ1n) is 8.34. The van der Waals surface area contributed by atoms with E-state index in [1.807, 2.05) is 56.3 Å². The molecule has 3 rings (SSSR count). The van der Waals surface area contributed by atoms with Gasteiger partial charge in [0.15, 0.2) is 0 Å². The Morgan fingerprint density at radius 3 is 2.65 bits per heavy atom. The normalized spacial score (nSPS) is 10.4. The third-order valence-corrected chi connectivity index (χ3v) is 4.41. The van der Waals surface area contributed by atoms with Crippen LogP contribution in [0.1, 0.15) is 27.0 Å². The van der Waals surface area contributed by atoms with E-state index in [0.717, 1.165) is 28.1 Å². The molecular weight excluding hydrogens is 346 g/mol. The maximum atomic E-state index is 12.5. The van der Waals surface area contributed by atoms with Crippen LogP contribution in [0.15, 0.2) is 60.9 Å². The molecule has 1 amide bonds. The molecule has 132 valence electrons. The number of amides is 1. The van der Waals surface area contributed by atoms with Crippen molar-refractivity contribution in [1.82, 2.24) is 10.3 Å². The van der Waals surface area contributed by atoms with Gasteiger partial charge in [-0.05, 0) is 48.7 Å². The lowest BCUT2D eigenvalue weighted by Crippen LogP contribution is -2.23. The summed E-state index contributed by atoms with van der Waals surface area (Å²) in [5, 5.41) is 6.86. The quantitative estimate of drug-likeness (QED) is 0.667. The molecule has 4 nitrogen and oxygen atoms in total. The SMILES string of the molecule is Cc1ccccc1CNC(=O)c1cncc(Nc2cc(Cl)ccc2C)c1. The Labute approximate surface area is 158 Å². The number of nitrogens with zero attached hydrogens (tertiary/aromatic N) is 1. The molecule has 0 aliphatic heterocycles.